The van der Waals surface area contributed by atoms with Gasteiger partial charge in [-0.1, -0.05) is 35.3 Å². The highest BCUT2D eigenvalue weighted by molar-refractivity contribution is 9.10. The second-order valence-corrected chi connectivity index (χ2v) is 8.54. The predicted octanol–water partition coefficient (Wildman–Crippen LogP) is 5.40. The smallest absolute Gasteiger partial charge is 0.291 e. The minimum absolute atomic E-state index is 0.00621. The normalized spacial score (nSPS) is 11.2. The molecule has 2 N–H and O–H groups in total. The van der Waals surface area contributed by atoms with E-state index < -0.39 is 15.9 Å². The third-order valence-corrected chi connectivity index (χ3v) is 6.00. The lowest BCUT2D eigenvalue weighted by molar-refractivity contribution is 0.0995. The summed E-state index contributed by atoms with van der Waals surface area (Å²) in [5, 5.41) is 2.79. The van der Waals surface area contributed by atoms with E-state index in [1.807, 2.05) is 0 Å². The van der Waals surface area contributed by atoms with Crippen LogP contribution >= 0.6 is 39.1 Å². The molecule has 3 rings (SSSR count). The molecule has 0 bridgehead atoms. The molecule has 0 aliphatic heterocycles. The minimum Gasteiger partial charge on any atom is -0.444 e. The molecule has 0 fully saturated rings. The second kappa shape index (κ2) is 7.93. The van der Waals surface area contributed by atoms with Crippen LogP contribution in [0.25, 0.3) is 0 Å². The van der Waals surface area contributed by atoms with Crippen molar-refractivity contribution in [2.24, 2.45) is 0 Å². The Bertz CT molecular complexity index is 1120. The molecule has 0 atom stereocenters. The van der Waals surface area contributed by atoms with E-state index in [1.54, 1.807) is 24.3 Å². The molecule has 2 aromatic carbocycles. The van der Waals surface area contributed by atoms with Crippen molar-refractivity contribution in [3.05, 3.63) is 75.1 Å². The van der Waals surface area contributed by atoms with E-state index in [-0.39, 0.29) is 32.1 Å². The molecule has 10 heteroatoms. The van der Waals surface area contributed by atoms with E-state index in [4.69, 9.17) is 27.6 Å². The molecule has 1 amide bonds. The van der Waals surface area contributed by atoms with Crippen molar-refractivity contribution in [2.75, 3.05) is 10.0 Å². The largest absolute Gasteiger partial charge is 0.444 e. The van der Waals surface area contributed by atoms with Gasteiger partial charge in [0.2, 0.25) is 0 Å². The Labute approximate surface area is 173 Å². The Hall–Kier alpha value is -2.00. The number of sulfonamides is 1. The van der Waals surface area contributed by atoms with E-state index in [0.717, 1.165) is 0 Å². The molecule has 1 heterocycles. The fourth-order valence-corrected chi connectivity index (χ4v) is 4.31. The molecular formula is C17H11BrCl2N2O4S. The summed E-state index contributed by atoms with van der Waals surface area (Å²) in [6, 6.07) is 13.5. The Balaban J connectivity index is 1.88. The van der Waals surface area contributed by atoms with Gasteiger partial charge in [-0.25, -0.2) is 8.42 Å². The van der Waals surface area contributed by atoms with E-state index >= 15 is 0 Å². The third-order valence-electron chi connectivity index (χ3n) is 3.39. The number of hydrogen-bond acceptors (Lipinski definition) is 4. The number of carbonyl (C=O) groups is 1. The average molecular weight is 490 g/mol. The molecule has 140 valence electrons. The standard InChI is InChI=1S/C17H11BrCl2N2O4S/c18-16-8-7-14(26-16)17(23)21-10-5-6-12(20)15(9-10)27(24,25)22-13-4-2-1-3-11(13)19/h1-9,22H,(H,21,23). The lowest BCUT2D eigenvalue weighted by Crippen LogP contribution is -2.15. The first-order chi connectivity index (χ1) is 12.8. The van der Waals surface area contributed by atoms with E-state index in [0.29, 0.717) is 4.67 Å². The van der Waals surface area contributed by atoms with Crippen molar-refractivity contribution in [1.29, 1.82) is 0 Å². The van der Waals surface area contributed by atoms with Crippen molar-refractivity contribution in [2.45, 2.75) is 4.90 Å². The highest BCUT2D eigenvalue weighted by Crippen LogP contribution is 2.29. The van der Waals surface area contributed by atoms with Gasteiger partial charge in [-0.2, -0.15) is 0 Å². The minimum atomic E-state index is -4.03. The fraction of sp³-hybridized carbons (Fsp3) is 0. The van der Waals surface area contributed by atoms with Crippen molar-refractivity contribution < 1.29 is 17.6 Å². The first-order valence-electron chi connectivity index (χ1n) is 7.40. The van der Waals surface area contributed by atoms with Crippen LogP contribution in [0.15, 0.2) is 68.6 Å². The zero-order valence-corrected chi connectivity index (χ0v) is 17.3. The number of para-hydroxylation sites is 1. The average Bonchev–Trinajstić information content (AvgIpc) is 3.05. The van der Waals surface area contributed by atoms with Gasteiger partial charge in [-0.3, -0.25) is 9.52 Å². The van der Waals surface area contributed by atoms with Crippen LogP contribution in [-0.4, -0.2) is 14.3 Å². The maximum atomic E-state index is 12.7. The Kier molecular flexibility index (Phi) is 5.81. The molecule has 27 heavy (non-hydrogen) atoms. The van der Waals surface area contributed by atoms with Crippen molar-refractivity contribution in [3.8, 4) is 0 Å². The molecule has 0 unspecified atom stereocenters. The van der Waals surface area contributed by atoms with Gasteiger partial charge in [0.1, 0.15) is 4.90 Å². The van der Waals surface area contributed by atoms with Gasteiger partial charge >= 0.3 is 0 Å². The summed E-state index contributed by atoms with van der Waals surface area (Å²) in [6.07, 6.45) is 0. The summed E-state index contributed by atoms with van der Waals surface area (Å²) < 4.78 is 33.3. The zero-order valence-electron chi connectivity index (χ0n) is 13.4. The van der Waals surface area contributed by atoms with Crippen LogP contribution in [0.4, 0.5) is 11.4 Å². The van der Waals surface area contributed by atoms with Crippen LogP contribution in [0.3, 0.4) is 0 Å². The summed E-state index contributed by atoms with van der Waals surface area (Å²) in [4.78, 5) is 12.0. The fourth-order valence-electron chi connectivity index (χ4n) is 2.16. The SMILES string of the molecule is O=C(Nc1ccc(Cl)c(S(=O)(=O)Nc2ccccc2Cl)c1)c1ccc(Br)o1. The van der Waals surface area contributed by atoms with Gasteiger partial charge in [-0.15, -0.1) is 0 Å². The highest BCUT2D eigenvalue weighted by Gasteiger charge is 2.21. The maximum Gasteiger partial charge on any atom is 0.291 e. The number of nitrogens with one attached hydrogen (secondary N) is 2. The zero-order chi connectivity index (χ0) is 19.6. The quantitative estimate of drug-likeness (QED) is 0.502. The van der Waals surface area contributed by atoms with Gasteiger partial charge in [0.25, 0.3) is 15.9 Å². The molecular weight excluding hydrogens is 479 g/mol. The molecule has 6 nitrogen and oxygen atoms in total. The number of furan rings is 1. The van der Waals surface area contributed by atoms with Crippen LogP contribution in [0, 0.1) is 0 Å². The van der Waals surface area contributed by atoms with Crippen LogP contribution < -0.4 is 10.0 Å². The first-order valence-corrected chi connectivity index (χ1v) is 10.4. The monoisotopic (exact) mass is 488 g/mol. The first kappa shape index (κ1) is 19.8. The maximum absolute atomic E-state index is 12.7. The predicted molar refractivity (Wildman–Crippen MR) is 108 cm³/mol. The summed E-state index contributed by atoms with van der Waals surface area (Å²) in [6.45, 7) is 0. The molecule has 0 saturated carbocycles. The Morgan fingerprint density at radius 1 is 1.00 bits per heavy atom. The van der Waals surface area contributed by atoms with Gasteiger partial charge in [0, 0.05) is 5.69 Å². The van der Waals surface area contributed by atoms with E-state index in [2.05, 4.69) is 26.0 Å². The van der Waals surface area contributed by atoms with Crippen molar-refractivity contribution >= 4 is 66.4 Å². The number of carbonyl (C=O) groups excluding carboxylic acids is 1. The molecule has 0 aliphatic carbocycles. The van der Waals surface area contributed by atoms with Crippen LogP contribution in [0.1, 0.15) is 10.6 Å². The lowest BCUT2D eigenvalue weighted by Gasteiger charge is -2.12. The van der Waals surface area contributed by atoms with E-state index in [1.165, 1.54) is 30.3 Å². The number of hydrogen-bond donors (Lipinski definition) is 2. The van der Waals surface area contributed by atoms with Crippen LogP contribution in [-0.2, 0) is 10.0 Å². The van der Waals surface area contributed by atoms with Gasteiger partial charge in [0.05, 0.1) is 15.7 Å². The third kappa shape index (κ3) is 4.65. The molecule has 0 aliphatic rings. The number of benzene rings is 2. The number of anilines is 2. The summed E-state index contributed by atoms with van der Waals surface area (Å²) in [5.74, 6) is -0.471. The van der Waals surface area contributed by atoms with Gasteiger partial charge in [-0.05, 0) is 58.4 Å². The summed E-state index contributed by atoms with van der Waals surface area (Å²) in [7, 11) is -4.03. The topological polar surface area (TPSA) is 88.4 Å². The molecule has 0 saturated heterocycles. The van der Waals surface area contributed by atoms with Crippen LogP contribution in [0.5, 0.6) is 0 Å². The highest BCUT2D eigenvalue weighted by atomic mass is 79.9. The molecule has 1 aromatic heterocycles. The van der Waals surface area contributed by atoms with Crippen molar-refractivity contribution in [1.82, 2.24) is 0 Å². The second-order valence-electron chi connectivity index (χ2n) is 5.29. The van der Waals surface area contributed by atoms with Crippen molar-refractivity contribution in [3.63, 3.8) is 0 Å². The lowest BCUT2D eigenvalue weighted by atomic mass is 10.3. The Morgan fingerprint density at radius 3 is 2.41 bits per heavy atom. The number of amides is 1. The number of rotatable bonds is 5. The molecule has 0 radical (unpaired) electrons. The van der Waals surface area contributed by atoms with Gasteiger partial charge in [0.15, 0.2) is 10.4 Å². The summed E-state index contributed by atoms with van der Waals surface area (Å²) >= 11 is 15.2. The summed E-state index contributed by atoms with van der Waals surface area (Å²) in [5.41, 5.74) is 0.446. The molecule has 3 aromatic rings. The van der Waals surface area contributed by atoms with E-state index in [9.17, 15) is 13.2 Å². The van der Waals surface area contributed by atoms with Gasteiger partial charge < -0.3 is 9.73 Å². The Morgan fingerprint density at radius 2 is 1.74 bits per heavy atom. The number of halogens is 3. The molecule has 0 spiro atoms. The van der Waals surface area contributed by atoms with Crippen LogP contribution in [0.2, 0.25) is 10.0 Å².